The van der Waals surface area contributed by atoms with Crippen LogP contribution in [0.2, 0.25) is 0 Å². The van der Waals surface area contributed by atoms with E-state index >= 15 is 0 Å². The molecule has 2 aromatic heterocycles. The van der Waals surface area contributed by atoms with Gasteiger partial charge in [-0.2, -0.15) is 0 Å². The number of carbonyl (C=O) groups is 3. The maximum atomic E-state index is 12.9. The number of aliphatic carboxylic acids is 1. The van der Waals surface area contributed by atoms with Crippen LogP contribution in [0.3, 0.4) is 0 Å². The third kappa shape index (κ3) is 3.65. The van der Waals surface area contributed by atoms with Gasteiger partial charge in [-0.15, -0.1) is 33.3 Å². The van der Waals surface area contributed by atoms with Crippen LogP contribution < -0.4 is 0 Å². The minimum Gasteiger partial charge on any atom is -0.481 e. The molecule has 1 N–H and O–H groups in total. The molecule has 2 aliphatic rings. The van der Waals surface area contributed by atoms with Crippen LogP contribution in [0.4, 0.5) is 0 Å². The molecule has 0 spiro atoms. The Bertz CT molecular complexity index is 984. The third-order valence-electron chi connectivity index (χ3n) is 4.79. The normalized spacial score (nSPS) is 26.6. The van der Waals surface area contributed by atoms with Crippen molar-refractivity contribution < 1.29 is 28.1 Å². The SMILES string of the molecule is CC(=O)N(C1C(=O)N2CC(CSc3nnco3)(C(=O)O)CS[C@H]12)S(=O)c1cccs1. The summed E-state index contributed by atoms with van der Waals surface area (Å²) in [4.78, 5) is 38.7. The lowest BCUT2D eigenvalue weighted by atomic mass is 9.89. The molecule has 4 atom stereocenters. The number of carbonyl (C=O) groups excluding carboxylic acids is 2. The summed E-state index contributed by atoms with van der Waals surface area (Å²) in [5, 5.41) is 18.7. The van der Waals surface area contributed by atoms with Crippen LogP contribution in [0.1, 0.15) is 6.92 Å². The molecular weight excluding hydrogens is 472 g/mol. The van der Waals surface area contributed by atoms with Crippen molar-refractivity contribution >= 4 is 63.6 Å². The van der Waals surface area contributed by atoms with Crippen LogP contribution >= 0.6 is 34.9 Å². The van der Waals surface area contributed by atoms with Crippen molar-refractivity contribution in [2.75, 3.05) is 18.1 Å². The number of thiophene rings is 1. The van der Waals surface area contributed by atoms with Crippen molar-refractivity contribution in [2.45, 2.75) is 27.8 Å². The maximum absolute atomic E-state index is 12.9. The van der Waals surface area contributed by atoms with Crippen LogP contribution in [0.5, 0.6) is 0 Å². The van der Waals surface area contributed by atoms with E-state index in [0.29, 0.717) is 4.21 Å². The zero-order chi connectivity index (χ0) is 21.5. The molecule has 0 aliphatic carbocycles. The van der Waals surface area contributed by atoms with Crippen molar-refractivity contribution in [3.05, 3.63) is 23.9 Å². The van der Waals surface area contributed by atoms with Gasteiger partial charge < -0.3 is 14.4 Å². The van der Waals surface area contributed by atoms with Crippen molar-refractivity contribution in [3.63, 3.8) is 0 Å². The second kappa shape index (κ2) is 8.32. The second-order valence-corrected chi connectivity index (χ2v) is 11.3. The Morgan fingerprint density at radius 3 is 2.93 bits per heavy atom. The van der Waals surface area contributed by atoms with Gasteiger partial charge in [-0.1, -0.05) is 17.8 Å². The van der Waals surface area contributed by atoms with Gasteiger partial charge in [-0.05, 0) is 11.4 Å². The quantitative estimate of drug-likeness (QED) is 0.447. The molecule has 2 aliphatic heterocycles. The molecule has 4 rings (SSSR count). The van der Waals surface area contributed by atoms with Crippen molar-refractivity contribution in [1.82, 2.24) is 19.4 Å². The van der Waals surface area contributed by atoms with E-state index in [4.69, 9.17) is 4.42 Å². The smallest absolute Gasteiger partial charge is 0.313 e. The Kier molecular flexibility index (Phi) is 5.92. The minimum atomic E-state index is -1.79. The van der Waals surface area contributed by atoms with Gasteiger partial charge in [0.25, 0.3) is 11.1 Å². The van der Waals surface area contributed by atoms with E-state index < -0.39 is 45.6 Å². The van der Waals surface area contributed by atoms with Crippen LogP contribution in [0, 0.1) is 5.41 Å². The Morgan fingerprint density at radius 2 is 2.33 bits per heavy atom. The molecule has 0 radical (unpaired) electrons. The standard InChI is InChI=1S/C16H16N4O6S4/c1-9(21)20(30(25)10-3-2-4-27-10)11-12(22)19-5-16(14(23)24,6-28-13(11)19)7-29-15-18-17-8-26-15/h2-4,8,11,13H,5-7H2,1H3,(H,23,24)/t11?,13-,16?,30?/m1/s1. The number of hydrogen-bond acceptors (Lipinski definition) is 10. The summed E-state index contributed by atoms with van der Waals surface area (Å²) in [6, 6.07) is 2.49. The summed E-state index contributed by atoms with van der Waals surface area (Å²) >= 11 is 3.64. The summed E-state index contributed by atoms with van der Waals surface area (Å²) in [6.45, 7) is 1.27. The summed E-state index contributed by atoms with van der Waals surface area (Å²) < 4.78 is 19.5. The molecule has 30 heavy (non-hydrogen) atoms. The van der Waals surface area contributed by atoms with E-state index in [2.05, 4.69) is 10.2 Å². The zero-order valence-corrected chi connectivity index (χ0v) is 18.8. The zero-order valence-electron chi connectivity index (χ0n) is 15.5. The number of carboxylic acid groups (broad SMARTS) is 1. The average molecular weight is 489 g/mol. The molecule has 2 aromatic rings. The number of thioether (sulfide) groups is 2. The van der Waals surface area contributed by atoms with E-state index in [1.165, 1.54) is 34.9 Å². The summed E-state index contributed by atoms with van der Waals surface area (Å²) in [5.74, 6) is -1.52. The molecule has 2 saturated heterocycles. The van der Waals surface area contributed by atoms with Crippen LogP contribution in [-0.4, -0.2) is 76.0 Å². The predicted molar refractivity (Wildman–Crippen MR) is 110 cm³/mol. The number of aromatic nitrogens is 2. The summed E-state index contributed by atoms with van der Waals surface area (Å²) in [7, 11) is -1.79. The fourth-order valence-corrected chi connectivity index (χ4v) is 8.21. The van der Waals surface area contributed by atoms with Crippen LogP contribution in [0.25, 0.3) is 0 Å². The topological polar surface area (TPSA) is 134 Å². The number of hydrogen-bond donors (Lipinski definition) is 1. The van der Waals surface area contributed by atoms with E-state index in [0.717, 1.165) is 22.5 Å². The Hall–Kier alpha value is -1.90. The van der Waals surface area contributed by atoms with E-state index in [-0.39, 0.29) is 23.3 Å². The molecule has 10 nitrogen and oxygen atoms in total. The predicted octanol–water partition coefficient (Wildman–Crippen LogP) is 1.15. The lowest BCUT2D eigenvalue weighted by Crippen LogP contribution is -2.74. The molecule has 2 amide bonds. The first-order chi connectivity index (χ1) is 14.3. The minimum absolute atomic E-state index is 0.00610. The molecule has 2 fully saturated rings. The second-order valence-electron chi connectivity index (χ2n) is 6.72. The number of carboxylic acids is 1. The number of amides is 2. The molecule has 0 bridgehead atoms. The van der Waals surface area contributed by atoms with Crippen molar-refractivity contribution in [2.24, 2.45) is 5.41 Å². The van der Waals surface area contributed by atoms with Crippen LogP contribution in [-0.2, 0) is 25.4 Å². The van der Waals surface area contributed by atoms with Gasteiger partial charge in [-0.3, -0.25) is 14.4 Å². The number of fused-ring (bicyclic) bond motifs is 1. The third-order valence-corrected chi connectivity index (χ3v) is 10.2. The van der Waals surface area contributed by atoms with Crippen molar-refractivity contribution in [1.29, 1.82) is 0 Å². The molecular formula is C16H16N4O6S4. The molecule has 4 heterocycles. The highest BCUT2D eigenvalue weighted by Crippen LogP contribution is 2.46. The van der Waals surface area contributed by atoms with Gasteiger partial charge in [0.05, 0.1) is 0 Å². The van der Waals surface area contributed by atoms with Gasteiger partial charge in [0.15, 0.2) is 17.0 Å². The first-order valence-electron chi connectivity index (χ1n) is 8.64. The highest BCUT2D eigenvalue weighted by atomic mass is 32.2. The highest BCUT2D eigenvalue weighted by molar-refractivity contribution is 8.00. The lowest BCUT2D eigenvalue weighted by molar-refractivity contribution is -0.161. The fraction of sp³-hybridized carbons (Fsp3) is 0.438. The average Bonchev–Trinajstić information content (AvgIpc) is 3.43. The first kappa shape index (κ1) is 21.3. The largest absolute Gasteiger partial charge is 0.481 e. The van der Waals surface area contributed by atoms with Crippen molar-refractivity contribution in [3.8, 4) is 0 Å². The van der Waals surface area contributed by atoms with Gasteiger partial charge in [0.2, 0.25) is 12.3 Å². The number of β-lactam (4-membered cyclic amide) rings is 1. The Labute approximate surface area is 186 Å². The fourth-order valence-electron chi connectivity index (χ4n) is 3.27. The Morgan fingerprint density at radius 1 is 1.53 bits per heavy atom. The Balaban J connectivity index is 1.51. The van der Waals surface area contributed by atoms with E-state index in [9.17, 15) is 23.7 Å². The monoisotopic (exact) mass is 488 g/mol. The van der Waals surface area contributed by atoms with Crippen LogP contribution in [0.15, 0.2) is 37.8 Å². The lowest BCUT2D eigenvalue weighted by Gasteiger charge is -2.55. The number of rotatable bonds is 7. The molecule has 0 aromatic carbocycles. The van der Waals surface area contributed by atoms with Gasteiger partial charge in [-0.25, -0.2) is 8.51 Å². The first-order valence-corrected chi connectivity index (χ1v) is 12.7. The molecule has 14 heteroatoms. The summed E-state index contributed by atoms with van der Waals surface area (Å²) in [5.41, 5.74) is -1.20. The molecule has 3 unspecified atom stereocenters. The maximum Gasteiger partial charge on any atom is 0.313 e. The van der Waals surface area contributed by atoms with Gasteiger partial charge >= 0.3 is 5.97 Å². The number of nitrogens with zero attached hydrogens (tertiary/aromatic N) is 4. The molecule has 0 saturated carbocycles. The summed E-state index contributed by atoms with van der Waals surface area (Å²) in [6.07, 6.45) is 1.16. The van der Waals surface area contributed by atoms with Gasteiger partial charge in [0.1, 0.15) is 15.0 Å². The molecule has 160 valence electrons. The highest BCUT2D eigenvalue weighted by Gasteiger charge is 2.60. The van der Waals surface area contributed by atoms with Gasteiger partial charge in [0, 0.05) is 25.0 Å². The van der Waals surface area contributed by atoms with E-state index in [1.807, 2.05) is 0 Å². The van der Waals surface area contributed by atoms with E-state index in [1.54, 1.807) is 17.5 Å².